The number of sulfonamides is 1. The molecule has 1 aliphatic heterocycles. The summed E-state index contributed by atoms with van der Waals surface area (Å²) >= 11 is 0. The largest absolute Gasteiger partial charge is 0.326 e. The van der Waals surface area contributed by atoms with Crippen molar-refractivity contribution in [3.05, 3.63) is 59.4 Å². The first-order chi connectivity index (χ1) is 13.4. The monoisotopic (exact) mass is 402 g/mol. The molecule has 1 amide bonds. The summed E-state index contributed by atoms with van der Waals surface area (Å²) in [5, 5.41) is 2.95. The quantitative estimate of drug-likeness (QED) is 0.853. The van der Waals surface area contributed by atoms with Crippen molar-refractivity contribution < 1.29 is 17.6 Å². The van der Waals surface area contributed by atoms with E-state index < -0.39 is 21.8 Å². The van der Waals surface area contributed by atoms with Crippen LogP contribution in [0.3, 0.4) is 0 Å². The number of carbonyl (C=O) groups excluding carboxylic acids is 1. The number of nitrogens with one attached hydrogen (secondary N) is 1. The van der Waals surface area contributed by atoms with Gasteiger partial charge in [0.05, 0.1) is 10.8 Å². The van der Waals surface area contributed by atoms with Crippen molar-refractivity contribution >= 4 is 21.6 Å². The number of hydrogen-bond acceptors (Lipinski definition) is 3. The summed E-state index contributed by atoms with van der Waals surface area (Å²) in [5.41, 5.74) is 3.39. The number of rotatable bonds is 4. The van der Waals surface area contributed by atoms with Crippen molar-refractivity contribution in [2.24, 2.45) is 5.92 Å². The lowest BCUT2D eigenvalue weighted by molar-refractivity contribution is -0.120. The Morgan fingerprint density at radius 3 is 2.57 bits per heavy atom. The van der Waals surface area contributed by atoms with Crippen LogP contribution in [0.1, 0.15) is 30.4 Å². The summed E-state index contributed by atoms with van der Waals surface area (Å²) in [5.74, 6) is -1.04. The lowest BCUT2D eigenvalue weighted by atomic mass is 9.98. The molecule has 1 N–H and O–H groups in total. The zero-order valence-corrected chi connectivity index (χ0v) is 16.3. The molecular weight excluding hydrogens is 379 g/mol. The third kappa shape index (κ3) is 3.82. The van der Waals surface area contributed by atoms with E-state index in [1.807, 2.05) is 12.1 Å². The summed E-state index contributed by atoms with van der Waals surface area (Å²) in [4.78, 5) is 12.8. The van der Waals surface area contributed by atoms with Gasteiger partial charge < -0.3 is 5.32 Å². The highest BCUT2D eigenvalue weighted by molar-refractivity contribution is 7.89. The van der Waals surface area contributed by atoms with Crippen molar-refractivity contribution in [1.29, 1.82) is 0 Å². The first-order valence-electron chi connectivity index (χ1n) is 9.62. The molecule has 0 radical (unpaired) electrons. The normalized spacial score (nSPS) is 20.0. The molecule has 1 aliphatic carbocycles. The fourth-order valence-electron chi connectivity index (χ4n) is 4.02. The van der Waals surface area contributed by atoms with Crippen LogP contribution < -0.4 is 5.32 Å². The van der Waals surface area contributed by atoms with E-state index >= 15 is 0 Å². The smallest absolute Gasteiger partial charge is 0.243 e. The Balaban J connectivity index is 1.45. The van der Waals surface area contributed by atoms with Gasteiger partial charge in [-0.2, -0.15) is 4.31 Å². The maximum atomic E-state index is 13.1. The molecule has 1 atom stereocenters. The van der Waals surface area contributed by atoms with Gasteiger partial charge in [0.25, 0.3) is 0 Å². The Labute approximate surface area is 164 Å². The molecule has 1 unspecified atom stereocenters. The third-order valence-electron chi connectivity index (χ3n) is 5.57. The van der Waals surface area contributed by atoms with Crippen molar-refractivity contribution in [1.82, 2.24) is 4.31 Å². The van der Waals surface area contributed by atoms with Crippen LogP contribution in [0.15, 0.2) is 47.4 Å². The average molecular weight is 402 g/mol. The highest BCUT2D eigenvalue weighted by atomic mass is 32.2. The van der Waals surface area contributed by atoms with Gasteiger partial charge in [0.1, 0.15) is 5.82 Å². The van der Waals surface area contributed by atoms with Gasteiger partial charge in [-0.25, -0.2) is 12.8 Å². The van der Waals surface area contributed by atoms with E-state index in [4.69, 9.17) is 0 Å². The lowest BCUT2D eigenvalue weighted by Crippen LogP contribution is -2.43. The molecule has 4 rings (SSSR count). The Hall–Kier alpha value is -2.25. The van der Waals surface area contributed by atoms with Crippen LogP contribution in [0, 0.1) is 11.7 Å². The zero-order valence-electron chi connectivity index (χ0n) is 15.5. The number of piperidine rings is 1. The van der Waals surface area contributed by atoms with Crippen LogP contribution in [0.25, 0.3) is 0 Å². The van der Waals surface area contributed by atoms with Crippen LogP contribution >= 0.6 is 0 Å². The van der Waals surface area contributed by atoms with Gasteiger partial charge in [0.15, 0.2) is 0 Å². The molecule has 1 heterocycles. The predicted octanol–water partition coefficient (Wildman–Crippen LogP) is 3.35. The molecule has 1 saturated heterocycles. The van der Waals surface area contributed by atoms with E-state index in [0.717, 1.165) is 37.1 Å². The predicted molar refractivity (Wildman–Crippen MR) is 105 cm³/mol. The summed E-state index contributed by atoms with van der Waals surface area (Å²) in [7, 11) is -3.74. The minimum atomic E-state index is -3.74. The molecule has 28 heavy (non-hydrogen) atoms. The van der Waals surface area contributed by atoms with E-state index in [-0.39, 0.29) is 17.3 Å². The Kier molecular flexibility index (Phi) is 5.21. The fraction of sp³-hybridized carbons (Fsp3) is 0.381. The van der Waals surface area contributed by atoms with Crippen LogP contribution in [-0.4, -0.2) is 31.7 Å². The lowest BCUT2D eigenvalue weighted by Gasteiger charge is -2.31. The van der Waals surface area contributed by atoms with E-state index in [2.05, 4.69) is 11.4 Å². The zero-order chi connectivity index (χ0) is 19.7. The molecule has 7 heteroatoms. The highest BCUT2D eigenvalue weighted by Gasteiger charge is 2.33. The van der Waals surface area contributed by atoms with Gasteiger partial charge in [-0.3, -0.25) is 4.79 Å². The summed E-state index contributed by atoms with van der Waals surface area (Å²) in [6, 6.07) is 10.8. The first-order valence-corrected chi connectivity index (χ1v) is 11.1. The molecule has 5 nitrogen and oxygen atoms in total. The number of carbonyl (C=O) groups is 1. The molecule has 2 aromatic rings. The van der Waals surface area contributed by atoms with Crippen LogP contribution in [0.4, 0.5) is 10.1 Å². The minimum Gasteiger partial charge on any atom is -0.326 e. The van der Waals surface area contributed by atoms with Gasteiger partial charge in [0.2, 0.25) is 15.9 Å². The summed E-state index contributed by atoms with van der Waals surface area (Å²) in [6.45, 7) is 0.499. The molecule has 0 aromatic heterocycles. The van der Waals surface area contributed by atoms with Gasteiger partial charge in [-0.05, 0) is 79.6 Å². The molecule has 148 valence electrons. The van der Waals surface area contributed by atoms with E-state index in [9.17, 15) is 17.6 Å². The van der Waals surface area contributed by atoms with Crippen molar-refractivity contribution in [3.8, 4) is 0 Å². The van der Waals surface area contributed by atoms with E-state index in [1.54, 1.807) is 0 Å². The Morgan fingerprint density at radius 1 is 1.04 bits per heavy atom. The van der Waals surface area contributed by atoms with E-state index in [0.29, 0.717) is 19.4 Å². The Bertz CT molecular complexity index is 989. The second-order valence-electron chi connectivity index (χ2n) is 7.48. The van der Waals surface area contributed by atoms with Crippen LogP contribution in [-0.2, 0) is 27.7 Å². The number of hydrogen-bond donors (Lipinski definition) is 1. The summed E-state index contributed by atoms with van der Waals surface area (Å²) < 4.78 is 40.1. The molecule has 0 spiro atoms. The van der Waals surface area contributed by atoms with Crippen molar-refractivity contribution in [2.75, 3.05) is 18.4 Å². The maximum absolute atomic E-state index is 13.1. The number of halogens is 1. The number of anilines is 1. The number of nitrogens with zero attached hydrogens (tertiary/aromatic N) is 1. The van der Waals surface area contributed by atoms with Crippen LogP contribution in [0.2, 0.25) is 0 Å². The highest BCUT2D eigenvalue weighted by Crippen LogP contribution is 2.27. The first kappa shape index (κ1) is 19.1. The molecular formula is C21H23FN2O3S. The average Bonchev–Trinajstić information content (AvgIpc) is 3.16. The topological polar surface area (TPSA) is 66.5 Å². The fourth-order valence-corrected chi connectivity index (χ4v) is 5.55. The number of fused-ring (bicyclic) bond motifs is 1. The molecule has 1 fully saturated rings. The van der Waals surface area contributed by atoms with Crippen molar-refractivity contribution in [2.45, 2.75) is 37.0 Å². The van der Waals surface area contributed by atoms with Crippen LogP contribution in [0.5, 0.6) is 0 Å². The van der Waals surface area contributed by atoms with Gasteiger partial charge >= 0.3 is 0 Å². The second kappa shape index (κ2) is 7.64. The minimum absolute atomic E-state index is 0.0496. The SMILES string of the molecule is O=C(Nc1ccc2c(c1)CCC2)C1CCCN(S(=O)(=O)c2ccc(F)cc2)C1. The van der Waals surface area contributed by atoms with E-state index in [1.165, 1.54) is 27.6 Å². The number of benzene rings is 2. The molecule has 0 bridgehead atoms. The molecule has 2 aromatic carbocycles. The summed E-state index contributed by atoms with van der Waals surface area (Å²) in [6.07, 6.45) is 4.52. The Morgan fingerprint density at radius 2 is 1.79 bits per heavy atom. The molecule has 0 saturated carbocycles. The second-order valence-corrected chi connectivity index (χ2v) is 9.42. The van der Waals surface area contributed by atoms with Crippen molar-refractivity contribution in [3.63, 3.8) is 0 Å². The molecule has 2 aliphatic rings. The number of aryl methyl sites for hydroxylation is 2. The third-order valence-corrected chi connectivity index (χ3v) is 7.45. The van der Waals surface area contributed by atoms with Gasteiger partial charge in [-0.15, -0.1) is 0 Å². The maximum Gasteiger partial charge on any atom is 0.243 e. The van der Waals surface area contributed by atoms with Gasteiger partial charge in [0, 0.05) is 18.8 Å². The standard InChI is InChI=1S/C21H23FN2O3S/c22-18-7-10-20(11-8-18)28(26,27)24-12-2-5-17(14-24)21(25)23-19-9-6-15-3-1-4-16(15)13-19/h6-11,13,17H,1-5,12,14H2,(H,23,25). The van der Waals surface area contributed by atoms with Gasteiger partial charge in [-0.1, -0.05) is 6.07 Å². The number of amides is 1.